The van der Waals surface area contributed by atoms with E-state index in [1.807, 2.05) is 48.5 Å². The quantitative estimate of drug-likeness (QED) is 0.519. The van der Waals surface area contributed by atoms with E-state index in [9.17, 15) is 0 Å². The molecule has 2 N–H and O–H groups in total. The lowest BCUT2D eigenvalue weighted by Crippen LogP contribution is -2.04. The summed E-state index contributed by atoms with van der Waals surface area (Å²) < 4.78 is 2.21. The summed E-state index contributed by atoms with van der Waals surface area (Å²) in [5.41, 5.74) is 10.5. The molecule has 0 saturated heterocycles. The molecule has 2 aromatic carbocycles. The maximum atomic E-state index is 6.02. The van der Waals surface area contributed by atoms with Crippen LogP contribution in [0.2, 0.25) is 5.02 Å². The van der Waals surface area contributed by atoms with E-state index in [2.05, 4.69) is 27.5 Å². The van der Waals surface area contributed by atoms with Crippen molar-refractivity contribution in [3.63, 3.8) is 0 Å². The number of hydrogen-bond acceptors (Lipinski definition) is 4. The maximum Gasteiger partial charge on any atom is 0.221 e. The minimum atomic E-state index is 0.228. The highest BCUT2D eigenvalue weighted by atomic mass is 35.5. The average Bonchev–Trinajstić information content (AvgIpc) is 3.05. The highest BCUT2D eigenvalue weighted by Crippen LogP contribution is 2.28. The van der Waals surface area contributed by atoms with Gasteiger partial charge in [0.25, 0.3) is 0 Å². The molecule has 4 aromatic rings. The zero-order valence-electron chi connectivity index (χ0n) is 15.1. The van der Waals surface area contributed by atoms with Crippen LogP contribution in [0.5, 0.6) is 0 Å². The molecule has 4 rings (SSSR count). The van der Waals surface area contributed by atoms with Crippen molar-refractivity contribution in [2.24, 2.45) is 0 Å². The number of imidazole rings is 1. The molecule has 0 bridgehead atoms. The summed E-state index contributed by atoms with van der Waals surface area (Å²) in [4.78, 5) is 13.7. The summed E-state index contributed by atoms with van der Waals surface area (Å²) in [6, 6.07) is 17.6. The van der Waals surface area contributed by atoms with E-state index in [1.165, 1.54) is 0 Å². The number of nitrogen functional groups attached to an aromatic ring is 1. The second-order valence-corrected chi connectivity index (χ2v) is 6.87. The van der Waals surface area contributed by atoms with E-state index in [0.29, 0.717) is 5.02 Å². The van der Waals surface area contributed by atoms with Crippen molar-refractivity contribution in [2.75, 3.05) is 5.73 Å². The van der Waals surface area contributed by atoms with Gasteiger partial charge in [-0.3, -0.25) is 0 Å². The number of rotatable bonds is 5. The lowest BCUT2D eigenvalue weighted by Gasteiger charge is -2.10. The molecule has 6 heteroatoms. The highest BCUT2D eigenvalue weighted by Gasteiger charge is 2.15. The Kier molecular flexibility index (Phi) is 4.77. The maximum absolute atomic E-state index is 6.02. The molecule has 0 aliphatic carbocycles. The van der Waals surface area contributed by atoms with Gasteiger partial charge in [0.2, 0.25) is 5.95 Å². The standard InChI is InChI=1S/C21H20ClN5/c1-2-3-12-27-19-7-5-4-6-16(19)24-20(27)18-13-17(25-21(23)26-18)14-8-10-15(22)11-9-14/h4-11,13H,2-3,12H2,1H3,(H2,23,25,26). The van der Waals surface area contributed by atoms with Crippen LogP contribution in [0.15, 0.2) is 54.6 Å². The summed E-state index contributed by atoms with van der Waals surface area (Å²) in [6.07, 6.45) is 2.17. The van der Waals surface area contributed by atoms with Gasteiger partial charge in [0.05, 0.1) is 16.7 Å². The van der Waals surface area contributed by atoms with E-state index in [-0.39, 0.29) is 5.95 Å². The van der Waals surface area contributed by atoms with Crippen molar-refractivity contribution in [1.82, 2.24) is 19.5 Å². The summed E-state index contributed by atoms with van der Waals surface area (Å²) in [5, 5.41) is 0.683. The van der Waals surface area contributed by atoms with Crippen LogP contribution in [0.4, 0.5) is 5.95 Å². The molecule has 2 heterocycles. The van der Waals surface area contributed by atoms with Crippen LogP contribution in [0.1, 0.15) is 19.8 Å². The van der Waals surface area contributed by atoms with Gasteiger partial charge in [-0.2, -0.15) is 0 Å². The number of benzene rings is 2. The van der Waals surface area contributed by atoms with E-state index in [1.54, 1.807) is 0 Å². The number of para-hydroxylation sites is 2. The first kappa shape index (κ1) is 17.5. The number of hydrogen-bond donors (Lipinski definition) is 1. The summed E-state index contributed by atoms with van der Waals surface area (Å²) in [7, 11) is 0. The summed E-state index contributed by atoms with van der Waals surface area (Å²) in [6.45, 7) is 3.06. The minimum Gasteiger partial charge on any atom is -0.368 e. The van der Waals surface area contributed by atoms with Crippen molar-refractivity contribution in [2.45, 2.75) is 26.3 Å². The Morgan fingerprint density at radius 2 is 1.70 bits per heavy atom. The van der Waals surface area contributed by atoms with Gasteiger partial charge in [-0.15, -0.1) is 0 Å². The Hall–Kier alpha value is -2.92. The van der Waals surface area contributed by atoms with Gasteiger partial charge >= 0.3 is 0 Å². The topological polar surface area (TPSA) is 69.6 Å². The normalized spacial score (nSPS) is 11.2. The number of unbranched alkanes of at least 4 members (excludes halogenated alkanes) is 1. The monoisotopic (exact) mass is 377 g/mol. The molecular formula is C21H20ClN5. The van der Waals surface area contributed by atoms with E-state index < -0.39 is 0 Å². The van der Waals surface area contributed by atoms with Crippen LogP contribution in [-0.2, 0) is 6.54 Å². The Morgan fingerprint density at radius 1 is 0.963 bits per heavy atom. The molecule has 136 valence electrons. The first-order valence-corrected chi connectivity index (χ1v) is 9.39. The van der Waals surface area contributed by atoms with Gasteiger partial charge < -0.3 is 10.3 Å². The van der Waals surface area contributed by atoms with Crippen LogP contribution >= 0.6 is 11.6 Å². The fourth-order valence-corrected chi connectivity index (χ4v) is 3.29. The molecule has 27 heavy (non-hydrogen) atoms. The van der Waals surface area contributed by atoms with Crippen LogP contribution < -0.4 is 5.73 Å². The van der Waals surface area contributed by atoms with Gasteiger partial charge in [-0.05, 0) is 36.8 Å². The zero-order valence-corrected chi connectivity index (χ0v) is 15.8. The summed E-state index contributed by atoms with van der Waals surface area (Å²) >= 11 is 6.00. The lowest BCUT2D eigenvalue weighted by molar-refractivity contribution is 0.650. The summed E-state index contributed by atoms with van der Waals surface area (Å²) in [5.74, 6) is 1.04. The predicted molar refractivity (Wildman–Crippen MR) is 111 cm³/mol. The molecule has 0 unspecified atom stereocenters. The number of nitrogens with zero attached hydrogens (tertiary/aromatic N) is 4. The SMILES string of the molecule is CCCCn1c(-c2cc(-c3ccc(Cl)cc3)nc(N)n2)nc2ccccc21. The number of anilines is 1. The number of aromatic nitrogens is 4. The van der Waals surface area contributed by atoms with Gasteiger partial charge in [-0.1, -0.05) is 49.2 Å². The number of nitrogens with two attached hydrogens (primary N) is 1. The van der Waals surface area contributed by atoms with Crippen molar-refractivity contribution in [3.05, 3.63) is 59.6 Å². The van der Waals surface area contributed by atoms with E-state index in [4.69, 9.17) is 22.3 Å². The highest BCUT2D eigenvalue weighted by molar-refractivity contribution is 6.30. The Morgan fingerprint density at radius 3 is 2.48 bits per heavy atom. The molecule has 0 aliphatic rings. The number of aryl methyl sites for hydroxylation is 1. The van der Waals surface area contributed by atoms with Crippen LogP contribution in [-0.4, -0.2) is 19.5 Å². The zero-order chi connectivity index (χ0) is 18.8. The molecule has 0 atom stereocenters. The second kappa shape index (κ2) is 7.37. The van der Waals surface area contributed by atoms with Crippen molar-refractivity contribution >= 4 is 28.6 Å². The lowest BCUT2D eigenvalue weighted by atomic mass is 10.1. The number of fused-ring (bicyclic) bond motifs is 1. The van der Waals surface area contributed by atoms with Gasteiger partial charge in [0.1, 0.15) is 5.69 Å². The minimum absolute atomic E-state index is 0.228. The third kappa shape index (κ3) is 3.51. The van der Waals surface area contributed by atoms with Crippen molar-refractivity contribution in [1.29, 1.82) is 0 Å². The van der Waals surface area contributed by atoms with Gasteiger partial charge in [0, 0.05) is 17.1 Å². The molecule has 0 radical (unpaired) electrons. The first-order chi connectivity index (χ1) is 13.2. The molecular weight excluding hydrogens is 358 g/mol. The van der Waals surface area contributed by atoms with Crippen molar-refractivity contribution in [3.8, 4) is 22.8 Å². The molecule has 0 spiro atoms. The van der Waals surface area contributed by atoms with E-state index >= 15 is 0 Å². The average molecular weight is 378 g/mol. The Balaban J connectivity index is 1.87. The number of halogens is 1. The molecule has 5 nitrogen and oxygen atoms in total. The van der Waals surface area contributed by atoms with E-state index in [0.717, 1.165) is 53.2 Å². The third-order valence-electron chi connectivity index (χ3n) is 4.50. The predicted octanol–water partition coefficient (Wildman–Crippen LogP) is 5.20. The van der Waals surface area contributed by atoms with Crippen LogP contribution in [0.3, 0.4) is 0 Å². The fourth-order valence-electron chi connectivity index (χ4n) is 3.16. The fraction of sp³-hybridized carbons (Fsp3) is 0.190. The molecule has 2 aromatic heterocycles. The largest absolute Gasteiger partial charge is 0.368 e. The smallest absolute Gasteiger partial charge is 0.221 e. The van der Waals surface area contributed by atoms with Crippen molar-refractivity contribution < 1.29 is 0 Å². The molecule has 0 amide bonds. The Labute approximate surface area is 162 Å². The van der Waals surface area contributed by atoms with Crippen LogP contribution in [0.25, 0.3) is 33.8 Å². The third-order valence-corrected chi connectivity index (χ3v) is 4.75. The first-order valence-electron chi connectivity index (χ1n) is 9.02. The molecule has 0 fully saturated rings. The molecule has 0 aliphatic heterocycles. The van der Waals surface area contributed by atoms with Crippen LogP contribution in [0, 0.1) is 0 Å². The molecule has 0 saturated carbocycles. The second-order valence-electron chi connectivity index (χ2n) is 6.43. The Bertz CT molecular complexity index is 1090. The van der Waals surface area contributed by atoms with Gasteiger partial charge in [0.15, 0.2) is 5.82 Å². The van der Waals surface area contributed by atoms with Gasteiger partial charge in [-0.25, -0.2) is 15.0 Å².